The van der Waals surface area contributed by atoms with Crippen molar-refractivity contribution in [1.29, 1.82) is 0 Å². The van der Waals surface area contributed by atoms with Gasteiger partial charge in [0.25, 0.3) is 0 Å². The van der Waals surface area contributed by atoms with Crippen molar-refractivity contribution < 1.29 is 31.9 Å². The molecule has 1 heterocycles. The summed E-state index contributed by atoms with van der Waals surface area (Å²) in [5, 5.41) is 0. The maximum Gasteiger partial charge on any atom is 0.416 e. The molecule has 0 saturated heterocycles. The topological polar surface area (TPSA) is 56.5 Å². The van der Waals surface area contributed by atoms with Crippen LogP contribution in [0.25, 0.3) is 6.08 Å². The Bertz CT molecular complexity index is 778. The molecule has 0 N–H and O–H groups in total. The maximum atomic E-state index is 12.6. The van der Waals surface area contributed by atoms with Crippen molar-refractivity contribution in [2.45, 2.75) is 6.18 Å². The summed E-state index contributed by atoms with van der Waals surface area (Å²) in [6.07, 6.45) is -2.12. The third kappa shape index (κ3) is 5.22. The van der Waals surface area contributed by atoms with Crippen LogP contribution in [-0.4, -0.2) is 18.4 Å². The molecule has 0 atom stereocenters. The van der Waals surface area contributed by atoms with E-state index < -0.39 is 30.1 Å². The first kappa shape index (κ1) is 18.2. The summed E-state index contributed by atoms with van der Waals surface area (Å²) in [5.41, 5.74) is -1.12. The molecule has 4 nitrogen and oxygen atoms in total. The van der Waals surface area contributed by atoms with Crippen LogP contribution in [0.4, 0.5) is 13.2 Å². The second kappa shape index (κ2) is 7.65. The summed E-state index contributed by atoms with van der Waals surface area (Å²) in [6, 6.07) is 7.26. The Hall–Kier alpha value is -2.10. The summed E-state index contributed by atoms with van der Waals surface area (Å²) >= 11 is 1.96. The van der Waals surface area contributed by atoms with Crippen LogP contribution in [0.2, 0.25) is 0 Å². The normalized spacial score (nSPS) is 11.7. The van der Waals surface area contributed by atoms with Gasteiger partial charge in [0, 0.05) is 11.6 Å². The van der Waals surface area contributed by atoms with E-state index in [1.54, 1.807) is 12.1 Å². The summed E-state index contributed by atoms with van der Waals surface area (Å²) in [5.74, 6) is -1.10. The number of rotatable bonds is 5. The van der Waals surface area contributed by atoms with Crippen LogP contribution in [0.3, 0.4) is 0 Å². The monoisotopic (exact) mass is 450 g/mol. The number of Topliss-reactive ketones (excluding diaryl/α,β-unsaturated/α-hetero) is 1. The molecule has 0 saturated carbocycles. The number of carbonyl (C=O) groups is 2. The Balaban J connectivity index is 1.93. The number of hydrogen-bond acceptors (Lipinski definition) is 4. The van der Waals surface area contributed by atoms with Gasteiger partial charge in [0.2, 0.25) is 0 Å². The molecule has 126 valence electrons. The number of benzene rings is 1. The largest absolute Gasteiger partial charge is 0.454 e. The molecule has 24 heavy (non-hydrogen) atoms. The van der Waals surface area contributed by atoms with Crippen LogP contribution in [0.5, 0.6) is 0 Å². The van der Waals surface area contributed by atoms with Crippen LogP contribution in [0.1, 0.15) is 21.7 Å². The summed E-state index contributed by atoms with van der Waals surface area (Å²) in [4.78, 5) is 23.3. The summed E-state index contributed by atoms with van der Waals surface area (Å²) in [6.45, 7) is -0.653. The van der Waals surface area contributed by atoms with E-state index in [0.717, 1.165) is 24.3 Å². The van der Waals surface area contributed by atoms with E-state index in [1.807, 2.05) is 22.6 Å². The molecule has 1 aromatic heterocycles. The van der Waals surface area contributed by atoms with E-state index in [9.17, 15) is 22.8 Å². The molecule has 0 unspecified atom stereocenters. The molecular weight excluding hydrogens is 440 g/mol. The van der Waals surface area contributed by atoms with E-state index in [-0.39, 0.29) is 5.56 Å². The number of ketones is 1. The van der Waals surface area contributed by atoms with Crippen LogP contribution < -0.4 is 0 Å². The van der Waals surface area contributed by atoms with Gasteiger partial charge in [0.15, 0.2) is 16.2 Å². The lowest BCUT2D eigenvalue weighted by Crippen LogP contribution is -2.14. The second-order valence-corrected chi connectivity index (χ2v) is 5.65. The first-order valence-corrected chi connectivity index (χ1v) is 7.64. The van der Waals surface area contributed by atoms with E-state index in [2.05, 4.69) is 0 Å². The van der Waals surface area contributed by atoms with Gasteiger partial charge >= 0.3 is 12.1 Å². The number of halogens is 4. The van der Waals surface area contributed by atoms with Gasteiger partial charge in [-0.2, -0.15) is 13.2 Å². The standard InChI is InChI=1S/C16H10F3IO4/c17-16(18,19)11-3-1-2-10(8-11)13(21)9-23-15(22)7-5-12-4-6-14(20)24-12/h1-8H,9H2/b7-5+. The number of esters is 1. The molecule has 2 aromatic rings. The highest BCUT2D eigenvalue weighted by Gasteiger charge is 2.30. The molecule has 8 heteroatoms. The van der Waals surface area contributed by atoms with Gasteiger partial charge in [-0.25, -0.2) is 4.79 Å². The van der Waals surface area contributed by atoms with E-state index in [0.29, 0.717) is 9.53 Å². The van der Waals surface area contributed by atoms with Crippen LogP contribution in [0, 0.1) is 3.77 Å². The highest BCUT2D eigenvalue weighted by atomic mass is 127. The lowest BCUT2D eigenvalue weighted by Gasteiger charge is -2.08. The van der Waals surface area contributed by atoms with Crippen LogP contribution in [-0.2, 0) is 15.7 Å². The van der Waals surface area contributed by atoms with Crippen molar-refractivity contribution in [1.82, 2.24) is 0 Å². The quantitative estimate of drug-likeness (QED) is 0.295. The molecule has 0 aliphatic carbocycles. The Morgan fingerprint density at radius 2 is 1.96 bits per heavy atom. The Labute approximate surface area is 148 Å². The van der Waals surface area contributed by atoms with Crippen LogP contribution in [0.15, 0.2) is 46.9 Å². The minimum Gasteiger partial charge on any atom is -0.454 e. The summed E-state index contributed by atoms with van der Waals surface area (Å²) in [7, 11) is 0. The average molecular weight is 450 g/mol. The van der Waals surface area contributed by atoms with Crippen molar-refractivity contribution in [2.75, 3.05) is 6.61 Å². The van der Waals surface area contributed by atoms with Crippen molar-refractivity contribution in [3.8, 4) is 0 Å². The first-order valence-electron chi connectivity index (χ1n) is 6.56. The van der Waals surface area contributed by atoms with Gasteiger partial charge in [-0.15, -0.1) is 0 Å². The number of hydrogen-bond donors (Lipinski definition) is 0. The highest BCUT2D eigenvalue weighted by Crippen LogP contribution is 2.29. The van der Waals surface area contributed by atoms with Crippen LogP contribution >= 0.6 is 22.6 Å². The molecule has 0 bridgehead atoms. The fourth-order valence-corrected chi connectivity index (χ4v) is 2.14. The van der Waals surface area contributed by atoms with E-state index in [4.69, 9.17) is 9.15 Å². The summed E-state index contributed by atoms with van der Waals surface area (Å²) < 4.78 is 48.3. The SMILES string of the molecule is O=C(/C=C/c1ccc(I)o1)OCC(=O)c1cccc(C(F)(F)F)c1. The van der Waals surface area contributed by atoms with Gasteiger partial charge in [0.1, 0.15) is 5.76 Å². The fraction of sp³-hybridized carbons (Fsp3) is 0.125. The number of furan rings is 1. The second-order valence-electron chi connectivity index (χ2n) is 4.58. The number of carbonyl (C=O) groups excluding carboxylic acids is 2. The Morgan fingerprint density at radius 3 is 2.58 bits per heavy atom. The lowest BCUT2D eigenvalue weighted by atomic mass is 10.1. The highest BCUT2D eigenvalue weighted by molar-refractivity contribution is 14.1. The predicted molar refractivity (Wildman–Crippen MR) is 87.2 cm³/mol. The minimum absolute atomic E-state index is 0.179. The van der Waals surface area contributed by atoms with Gasteiger partial charge in [-0.05, 0) is 52.9 Å². The Morgan fingerprint density at radius 1 is 1.21 bits per heavy atom. The first-order chi connectivity index (χ1) is 11.3. The maximum absolute atomic E-state index is 12.6. The minimum atomic E-state index is -4.55. The molecule has 0 fully saturated rings. The number of ether oxygens (including phenoxy) is 1. The zero-order valence-electron chi connectivity index (χ0n) is 12.0. The zero-order chi connectivity index (χ0) is 17.7. The average Bonchev–Trinajstić information content (AvgIpc) is 2.95. The van der Waals surface area contributed by atoms with Crippen molar-refractivity contribution in [3.05, 3.63) is 63.1 Å². The molecule has 0 aliphatic rings. The number of alkyl halides is 3. The fourth-order valence-electron chi connectivity index (χ4n) is 1.71. The molecule has 0 aliphatic heterocycles. The molecule has 1 aromatic carbocycles. The molecule has 2 rings (SSSR count). The van der Waals surface area contributed by atoms with Gasteiger partial charge in [-0.1, -0.05) is 12.1 Å². The van der Waals surface area contributed by atoms with E-state index >= 15 is 0 Å². The Kier molecular flexibility index (Phi) is 5.81. The predicted octanol–water partition coefficient (Wildman–Crippen LogP) is 4.34. The van der Waals surface area contributed by atoms with Gasteiger partial charge < -0.3 is 9.15 Å². The van der Waals surface area contributed by atoms with Gasteiger partial charge in [0.05, 0.1) is 5.56 Å². The smallest absolute Gasteiger partial charge is 0.416 e. The molecule has 0 spiro atoms. The zero-order valence-corrected chi connectivity index (χ0v) is 14.1. The van der Waals surface area contributed by atoms with E-state index in [1.165, 1.54) is 12.1 Å². The van der Waals surface area contributed by atoms with Gasteiger partial charge in [-0.3, -0.25) is 4.79 Å². The molecular formula is C16H10F3IO4. The van der Waals surface area contributed by atoms with Crippen molar-refractivity contribution >= 4 is 40.4 Å². The van der Waals surface area contributed by atoms with Crippen molar-refractivity contribution in [2.24, 2.45) is 0 Å². The third-order valence-corrected chi connectivity index (χ3v) is 3.41. The molecule has 0 radical (unpaired) electrons. The third-order valence-electron chi connectivity index (χ3n) is 2.84. The van der Waals surface area contributed by atoms with Crippen molar-refractivity contribution in [3.63, 3.8) is 0 Å². The lowest BCUT2D eigenvalue weighted by molar-refractivity contribution is -0.138. The molecule has 0 amide bonds.